The second-order valence-electron chi connectivity index (χ2n) is 8.43. The van der Waals surface area contributed by atoms with Crippen LogP contribution in [0.15, 0.2) is 71.0 Å². The third-order valence-corrected chi connectivity index (χ3v) is 7.60. The lowest BCUT2D eigenvalue weighted by molar-refractivity contribution is -0.121. The minimum absolute atomic E-state index is 0.201. The van der Waals surface area contributed by atoms with Crippen LogP contribution in [0.4, 0.5) is 11.5 Å². The molecule has 0 aliphatic carbocycles. The predicted octanol–water partition coefficient (Wildman–Crippen LogP) is 3.72. The number of hydrogen-bond acceptors (Lipinski definition) is 7. The van der Waals surface area contributed by atoms with Gasteiger partial charge in [0.2, 0.25) is 0 Å². The lowest BCUT2D eigenvalue weighted by Crippen LogP contribution is -2.47. The molecule has 2 saturated heterocycles. The summed E-state index contributed by atoms with van der Waals surface area (Å²) in [5.74, 6) is 0.388. The summed E-state index contributed by atoms with van der Waals surface area (Å²) in [6, 6.07) is 14.1. The van der Waals surface area contributed by atoms with Crippen LogP contribution < -0.4 is 15.4 Å². The third kappa shape index (κ3) is 4.37. The monoisotopic (exact) mass is 503 g/mol. The number of anilines is 2. The number of fused-ring (bicyclic) bond motifs is 1. The Balaban J connectivity index is 1.56. The number of carbonyl (C=O) groups is 1. The van der Waals surface area contributed by atoms with E-state index in [2.05, 4.69) is 28.5 Å². The van der Waals surface area contributed by atoms with Gasteiger partial charge in [-0.1, -0.05) is 54.3 Å². The van der Waals surface area contributed by atoms with Crippen LogP contribution in [0.5, 0.6) is 0 Å². The molecule has 2 aromatic heterocycles. The van der Waals surface area contributed by atoms with E-state index in [0.29, 0.717) is 45.9 Å². The van der Waals surface area contributed by atoms with Crippen LogP contribution in [0.3, 0.4) is 0 Å². The molecule has 0 unspecified atom stereocenters. The third-order valence-electron chi connectivity index (χ3n) is 6.23. The molecular formula is C26H25N5O2S2. The Hall–Kier alpha value is -3.43. The number of carbonyl (C=O) groups excluding carboxylic acids is 1. The standard InChI is InChI=1S/C26H25N5O2S2/c1-3-11-31-25(33)21(35-26(31)34)17-20-23(27-22-18(2)8-7-12-30(22)24(20)32)29-15-13-28(14-16-29)19-9-5-4-6-10-19/h3-10,12,17H,1,11,13-16H2,2H3. The van der Waals surface area contributed by atoms with E-state index in [-0.39, 0.29) is 11.5 Å². The summed E-state index contributed by atoms with van der Waals surface area (Å²) < 4.78 is 2.01. The molecule has 7 nitrogen and oxygen atoms in total. The molecule has 0 spiro atoms. The van der Waals surface area contributed by atoms with Crippen LogP contribution >= 0.6 is 24.0 Å². The van der Waals surface area contributed by atoms with Gasteiger partial charge >= 0.3 is 0 Å². The summed E-state index contributed by atoms with van der Waals surface area (Å²) in [6.07, 6.45) is 5.01. The van der Waals surface area contributed by atoms with E-state index in [9.17, 15) is 9.59 Å². The zero-order valence-corrected chi connectivity index (χ0v) is 21.0. The van der Waals surface area contributed by atoms with Gasteiger partial charge in [-0.15, -0.1) is 6.58 Å². The number of piperazine rings is 1. The number of hydrogen-bond donors (Lipinski definition) is 0. The maximum Gasteiger partial charge on any atom is 0.267 e. The number of rotatable bonds is 5. The SMILES string of the molecule is C=CCN1C(=O)C(=Cc2c(N3CCN(c4ccccc4)CC3)nc3c(C)cccn3c2=O)SC1=S. The largest absolute Gasteiger partial charge is 0.368 e. The minimum atomic E-state index is -0.214. The number of para-hydroxylation sites is 1. The maximum absolute atomic E-state index is 13.7. The molecule has 3 aromatic rings. The maximum atomic E-state index is 13.7. The average Bonchev–Trinajstić information content (AvgIpc) is 3.14. The molecule has 0 saturated carbocycles. The molecule has 178 valence electrons. The molecule has 4 heterocycles. The van der Waals surface area contributed by atoms with Crippen molar-refractivity contribution in [2.24, 2.45) is 0 Å². The highest BCUT2D eigenvalue weighted by molar-refractivity contribution is 8.26. The zero-order chi connectivity index (χ0) is 24.5. The molecule has 9 heteroatoms. The first-order valence-corrected chi connectivity index (χ1v) is 12.6. The molecule has 1 amide bonds. The summed E-state index contributed by atoms with van der Waals surface area (Å²) in [6.45, 7) is 9.02. The van der Waals surface area contributed by atoms with Gasteiger partial charge in [-0.2, -0.15) is 0 Å². The quantitative estimate of drug-likeness (QED) is 0.299. The van der Waals surface area contributed by atoms with Crippen molar-refractivity contribution in [3.8, 4) is 0 Å². The molecule has 1 aromatic carbocycles. The molecule has 0 bridgehead atoms. The van der Waals surface area contributed by atoms with Crippen molar-refractivity contribution in [2.45, 2.75) is 6.92 Å². The minimum Gasteiger partial charge on any atom is -0.368 e. The van der Waals surface area contributed by atoms with Gasteiger partial charge in [-0.3, -0.25) is 18.9 Å². The number of amides is 1. The predicted molar refractivity (Wildman–Crippen MR) is 147 cm³/mol. The lowest BCUT2D eigenvalue weighted by Gasteiger charge is -2.37. The topological polar surface area (TPSA) is 61.2 Å². The highest BCUT2D eigenvalue weighted by Gasteiger charge is 2.32. The van der Waals surface area contributed by atoms with Crippen LogP contribution in [-0.4, -0.2) is 57.2 Å². The van der Waals surface area contributed by atoms with E-state index in [1.54, 1.807) is 22.7 Å². The zero-order valence-electron chi connectivity index (χ0n) is 19.4. The van der Waals surface area contributed by atoms with Crippen LogP contribution in [-0.2, 0) is 4.79 Å². The van der Waals surface area contributed by atoms with Crippen molar-refractivity contribution in [1.29, 1.82) is 0 Å². The Morgan fingerprint density at radius 2 is 1.77 bits per heavy atom. The van der Waals surface area contributed by atoms with Gasteiger partial charge in [-0.05, 0) is 36.8 Å². The van der Waals surface area contributed by atoms with Gasteiger partial charge in [0.25, 0.3) is 11.5 Å². The number of nitrogens with zero attached hydrogens (tertiary/aromatic N) is 5. The Morgan fingerprint density at radius 3 is 2.49 bits per heavy atom. The number of thiocarbonyl (C=S) groups is 1. The van der Waals surface area contributed by atoms with Crippen molar-refractivity contribution in [2.75, 3.05) is 42.5 Å². The highest BCUT2D eigenvalue weighted by atomic mass is 32.2. The number of aryl methyl sites for hydroxylation is 1. The number of aromatic nitrogens is 2. The van der Waals surface area contributed by atoms with E-state index >= 15 is 0 Å². The fourth-order valence-corrected chi connectivity index (χ4v) is 5.66. The van der Waals surface area contributed by atoms with E-state index < -0.39 is 0 Å². The summed E-state index contributed by atoms with van der Waals surface area (Å²) in [4.78, 5) is 38.0. The van der Waals surface area contributed by atoms with E-state index in [0.717, 1.165) is 18.7 Å². The van der Waals surface area contributed by atoms with Crippen LogP contribution in [0.25, 0.3) is 11.7 Å². The molecule has 0 atom stereocenters. The summed E-state index contributed by atoms with van der Waals surface area (Å²) in [5, 5.41) is 0. The number of thioether (sulfide) groups is 1. The summed E-state index contributed by atoms with van der Waals surface area (Å²) in [5.41, 5.74) is 2.92. The van der Waals surface area contributed by atoms with Crippen molar-refractivity contribution in [3.05, 3.63) is 87.7 Å². The van der Waals surface area contributed by atoms with Gasteiger partial charge in [0.05, 0.1) is 10.5 Å². The van der Waals surface area contributed by atoms with E-state index in [1.807, 2.05) is 37.3 Å². The van der Waals surface area contributed by atoms with Gasteiger partial charge in [0.15, 0.2) is 0 Å². The van der Waals surface area contributed by atoms with Gasteiger partial charge < -0.3 is 9.80 Å². The molecule has 35 heavy (non-hydrogen) atoms. The normalized spacial score (nSPS) is 17.6. The van der Waals surface area contributed by atoms with Crippen molar-refractivity contribution < 1.29 is 4.79 Å². The average molecular weight is 504 g/mol. The van der Waals surface area contributed by atoms with Crippen LogP contribution in [0, 0.1) is 6.92 Å². The van der Waals surface area contributed by atoms with E-state index in [1.165, 1.54) is 22.3 Å². The van der Waals surface area contributed by atoms with Gasteiger partial charge in [0.1, 0.15) is 15.8 Å². The molecule has 0 N–H and O–H groups in total. The summed E-state index contributed by atoms with van der Waals surface area (Å²) >= 11 is 6.59. The molecule has 2 aliphatic rings. The highest BCUT2D eigenvalue weighted by Crippen LogP contribution is 2.33. The fourth-order valence-electron chi connectivity index (χ4n) is 4.40. The Kier molecular flexibility index (Phi) is 6.44. The Labute approximate surface area is 213 Å². The molecular weight excluding hydrogens is 478 g/mol. The number of benzene rings is 1. The molecule has 2 aliphatic heterocycles. The Bertz CT molecular complexity index is 1410. The van der Waals surface area contributed by atoms with Crippen molar-refractivity contribution in [3.63, 3.8) is 0 Å². The molecule has 0 radical (unpaired) electrons. The fraction of sp³-hybridized carbons (Fsp3) is 0.231. The van der Waals surface area contributed by atoms with Gasteiger partial charge in [-0.25, -0.2) is 4.98 Å². The van der Waals surface area contributed by atoms with Crippen molar-refractivity contribution >= 4 is 57.4 Å². The summed E-state index contributed by atoms with van der Waals surface area (Å²) in [7, 11) is 0. The molecule has 2 fully saturated rings. The van der Waals surface area contributed by atoms with Crippen molar-refractivity contribution in [1.82, 2.24) is 14.3 Å². The second kappa shape index (κ2) is 9.67. The lowest BCUT2D eigenvalue weighted by atomic mass is 10.2. The first kappa shape index (κ1) is 23.3. The Morgan fingerprint density at radius 1 is 1.06 bits per heavy atom. The van der Waals surface area contributed by atoms with Gasteiger partial charge in [0, 0.05) is 44.6 Å². The first-order chi connectivity index (χ1) is 17.0. The second-order valence-corrected chi connectivity index (χ2v) is 10.1. The van der Waals surface area contributed by atoms with Crippen LogP contribution in [0.2, 0.25) is 0 Å². The van der Waals surface area contributed by atoms with E-state index in [4.69, 9.17) is 17.2 Å². The number of pyridine rings is 1. The molecule has 5 rings (SSSR count). The smallest absolute Gasteiger partial charge is 0.267 e. The van der Waals surface area contributed by atoms with Crippen LogP contribution in [0.1, 0.15) is 11.1 Å². The first-order valence-electron chi connectivity index (χ1n) is 11.4.